The van der Waals surface area contributed by atoms with Crippen LogP contribution in [0.2, 0.25) is 0 Å². The van der Waals surface area contributed by atoms with Gasteiger partial charge in [-0.15, -0.1) is 22.7 Å². The number of benzene rings is 1. The molecule has 0 saturated heterocycles. The molecule has 0 amide bonds. The lowest BCUT2D eigenvalue weighted by atomic mass is 10.0. The van der Waals surface area contributed by atoms with E-state index >= 15 is 0 Å². The van der Waals surface area contributed by atoms with Crippen LogP contribution in [0.5, 0.6) is 0 Å². The average Bonchev–Trinajstić information content (AvgIpc) is 3.42. The van der Waals surface area contributed by atoms with Gasteiger partial charge in [-0.05, 0) is 43.7 Å². The molecule has 0 aliphatic carbocycles. The molecule has 3 heterocycles. The number of thiazole rings is 2. The molecule has 4 aromatic rings. The second-order valence-electron chi connectivity index (χ2n) is 7.50. The molecule has 9 heteroatoms. The summed E-state index contributed by atoms with van der Waals surface area (Å²) in [5, 5.41) is 22.1. The molecule has 1 N–H and O–H groups in total. The number of aliphatic hydroxyl groups is 1. The Kier molecular flexibility index (Phi) is 6.70. The zero-order valence-electron chi connectivity index (χ0n) is 17.9. The zero-order valence-corrected chi connectivity index (χ0v) is 19.5. The number of pyridine rings is 1. The quantitative estimate of drug-likeness (QED) is 0.373. The molecule has 1 unspecified atom stereocenters. The third-order valence-corrected chi connectivity index (χ3v) is 7.17. The number of carbonyl (C=O) groups is 1. The number of aromatic nitrogens is 3. The number of carbonyl (C=O) groups excluding carboxylic acids is 1. The van der Waals surface area contributed by atoms with E-state index in [1.165, 1.54) is 41.0 Å². The van der Waals surface area contributed by atoms with Crippen molar-refractivity contribution in [2.75, 3.05) is 0 Å². The molecule has 6 nitrogen and oxygen atoms in total. The molecule has 0 spiro atoms. The van der Waals surface area contributed by atoms with Gasteiger partial charge in [-0.1, -0.05) is 6.07 Å². The van der Waals surface area contributed by atoms with E-state index in [0.29, 0.717) is 17.0 Å². The maximum Gasteiger partial charge on any atom is 0.168 e. The van der Waals surface area contributed by atoms with Crippen molar-refractivity contribution in [1.29, 1.82) is 5.26 Å². The second kappa shape index (κ2) is 9.67. The minimum absolute atomic E-state index is 0.100. The molecule has 0 aliphatic heterocycles. The standard InChI is InChI=1S/C24H19FN4O2S2/c1-13-23(33-24(28-13)14(2)30)20-12-32-22(29-20)9-18-6-5-17(11-27-18)21(31)8-16-4-3-15(10-26)7-19(16)25/h3-7,11-12,14,30H,8-9H2,1-2H3. The van der Waals surface area contributed by atoms with Gasteiger partial charge < -0.3 is 5.11 Å². The Bertz CT molecular complexity index is 1350. The van der Waals surface area contributed by atoms with Crippen molar-refractivity contribution < 1.29 is 14.3 Å². The highest BCUT2D eigenvalue weighted by Gasteiger charge is 2.16. The van der Waals surface area contributed by atoms with E-state index in [1.54, 1.807) is 19.1 Å². The zero-order chi connectivity index (χ0) is 23.5. The van der Waals surface area contributed by atoms with Crippen LogP contribution >= 0.6 is 22.7 Å². The topological polar surface area (TPSA) is 99.8 Å². The van der Waals surface area contributed by atoms with Crippen molar-refractivity contribution in [1.82, 2.24) is 15.0 Å². The number of nitriles is 1. The molecule has 0 aliphatic rings. The van der Waals surface area contributed by atoms with Crippen LogP contribution in [0, 0.1) is 24.1 Å². The van der Waals surface area contributed by atoms with Crippen LogP contribution < -0.4 is 0 Å². The van der Waals surface area contributed by atoms with Gasteiger partial charge >= 0.3 is 0 Å². The number of nitrogens with zero attached hydrogens (tertiary/aromatic N) is 4. The normalized spacial score (nSPS) is 11.8. The lowest BCUT2D eigenvalue weighted by molar-refractivity contribution is 0.0991. The summed E-state index contributed by atoms with van der Waals surface area (Å²) in [4.78, 5) is 26.9. The molecule has 1 aromatic carbocycles. The number of hydrogen-bond donors (Lipinski definition) is 1. The summed E-state index contributed by atoms with van der Waals surface area (Å²) in [7, 11) is 0. The number of hydrogen-bond acceptors (Lipinski definition) is 8. The first-order valence-electron chi connectivity index (χ1n) is 10.1. The monoisotopic (exact) mass is 478 g/mol. The molecule has 0 fully saturated rings. The third kappa shape index (κ3) is 5.20. The van der Waals surface area contributed by atoms with E-state index in [9.17, 15) is 14.3 Å². The van der Waals surface area contributed by atoms with Crippen LogP contribution in [-0.2, 0) is 12.8 Å². The highest BCUT2D eigenvalue weighted by molar-refractivity contribution is 7.16. The van der Waals surface area contributed by atoms with Gasteiger partial charge in [0.2, 0.25) is 0 Å². The van der Waals surface area contributed by atoms with Crippen molar-refractivity contribution in [3.8, 4) is 16.6 Å². The number of rotatable bonds is 7. The van der Waals surface area contributed by atoms with Gasteiger partial charge in [-0.2, -0.15) is 5.26 Å². The summed E-state index contributed by atoms with van der Waals surface area (Å²) in [6, 6.07) is 9.41. The molecule has 1 atom stereocenters. The summed E-state index contributed by atoms with van der Waals surface area (Å²) >= 11 is 2.95. The van der Waals surface area contributed by atoms with Crippen molar-refractivity contribution >= 4 is 28.5 Å². The molecule has 33 heavy (non-hydrogen) atoms. The van der Waals surface area contributed by atoms with E-state index in [4.69, 9.17) is 5.26 Å². The maximum atomic E-state index is 14.1. The van der Waals surface area contributed by atoms with E-state index in [1.807, 2.05) is 18.4 Å². The molecular weight excluding hydrogens is 459 g/mol. The van der Waals surface area contributed by atoms with Gasteiger partial charge in [0, 0.05) is 35.7 Å². The predicted molar refractivity (Wildman–Crippen MR) is 125 cm³/mol. The predicted octanol–water partition coefficient (Wildman–Crippen LogP) is 5.05. The lowest BCUT2D eigenvalue weighted by Crippen LogP contribution is -2.06. The number of aryl methyl sites for hydroxylation is 1. The minimum atomic E-state index is -0.612. The molecule has 0 bridgehead atoms. The lowest BCUT2D eigenvalue weighted by Gasteiger charge is -2.04. The average molecular weight is 479 g/mol. The van der Waals surface area contributed by atoms with E-state index in [0.717, 1.165) is 33.0 Å². The number of ketones is 1. The summed E-state index contributed by atoms with van der Waals surface area (Å²) < 4.78 is 14.1. The number of halogens is 1. The largest absolute Gasteiger partial charge is 0.386 e. The molecule has 4 rings (SSSR count). The summed E-state index contributed by atoms with van der Waals surface area (Å²) in [5.41, 5.74) is 3.29. The van der Waals surface area contributed by atoms with Crippen LogP contribution in [0.25, 0.3) is 10.6 Å². The Hall–Kier alpha value is -3.32. The number of aliphatic hydroxyl groups excluding tert-OH is 1. The van der Waals surface area contributed by atoms with E-state index in [-0.39, 0.29) is 23.3 Å². The fourth-order valence-corrected chi connectivity index (χ4v) is 5.05. The van der Waals surface area contributed by atoms with Crippen LogP contribution in [0.4, 0.5) is 4.39 Å². The van der Waals surface area contributed by atoms with Crippen molar-refractivity contribution in [3.63, 3.8) is 0 Å². The Morgan fingerprint density at radius 3 is 2.73 bits per heavy atom. The summed E-state index contributed by atoms with van der Waals surface area (Å²) in [6.45, 7) is 3.59. The maximum absolute atomic E-state index is 14.1. The first-order chi connectivity index (χ1) is 15.8. The Balaban J connectivity index is 1.43. The van der Waals surface area contributed by atoms with Crippen LogP contribution in [0.1, 0.15) is 55.9 Å². The first kappa shape index (κ1) is 22.9. The summed E-state index contributed by atoms with van der Waals surface area (Å²) in [5.74, 6) is -0.813. The van der Waals surface area contributed by atoms with E-state index < -0.39 is 11.9 Å². The van der Waals surface area contributed by atoms with Crippen molar-refractivity contribution in [3.05, 3.63) is 85.8 Å². The first-order valence-corrected chi connectivity index (χ1v) is 11.8. The van der Waals surface area contributed by atoms with Gasteiger partial charge in [0.05, 0.1) is 32.9 Å². The Morgan fingerprint density at radius 2 is 2.09 bits per heavy atom. The van der Waals surface area contributed by atoms with Crippen molar-refractivity contribution in [2.24, 2.45) is 0 Å². The van der Waals surface area contributed by atoms with Gasteiger partial charge in [-0.3, -0.25) is 9.78 Å². The van der Waals surface area contributed by atoms with Gasteiger partial charge in [-0.25, -0.2) is 14.4 Å². The highest BCUT2D eigenvalue weighted by atomic mass is 32.1. The van der Waals surface area contributed by atoms with Gasteiger partial charge in [0.1, 0.15) is 16.9 Å². The molecule has 0 saturated carbocycles. The van der Waals surface area contributed by atoms with E-state index in [2.05, 4.69) is 15.0 Å². The molecule has 3 aromatic heterocycles. The minimum Gasteiger partial charge on any atom is -0.386 e. The highest BCUT2D eigenvalue weighted by Crippen LogP contribution is 2.33. The third-order valence-electron chi connectivity index (χ3n) is 4.97. The SMILES string of the molecule is Cc1nc(C(C)O)sc1-c1csc(Cc2ccc(C(=O)Cc3ccc(C#N)cc3F)cn2)n1. The Labute approximate surface area is 198 Å². The Morgan fingerprint density at radius 1 is 1.27 bits per heavy atom. The smallest absolute Gasteiger partial charge is 0.168 e. The van der Waals surface area contributed by atoms with Crippen molar-refractivity contribution in [2.45, 2.75) is 32.8 Å². The van der Waals surface area contributed by atoms with Crippen LogP contribution in [0.3, 0.4) is 0 Å². The van der Waals surface area contributed by atoms with Crippen LogP contribution in [0.15, 0.2) is 41.9 Å². The summed E-state index contributed by atoms with van der Waals surface area (Å²) in [6.07, 6.45) is 1.30. The molecular formula is C24H19FN4O2S2. The van der Waals surface area contributed by atoms with Crippen LogP contribution in [-0.4, -0.2) is 25.8 Å². The molecule has 0 radical (unpaired) electrons. The number of Topliss-reactive ketones (excluding diaryl/α,β-unsaturated/α-hetero) is 1. The van der Waals surface area contributed by atoms with Gasteiger partial charge in [0.15, 0.2) is 5.78 Å². The fraction of sp³-hybridized carbons (Fsp3) is 0.208. The fourth-order valence-electron chi connectivity index (χ4n) is 3.21. The van der Waals surface area contributed by atoms with Gasteiger partial charge in [0.25, 0.3) is 0 Å². The molecule has 166 valence electrons. The second-order valence-corrected chi connectivity index (χ2v) is 9.48.